The van der Waals surface area contributed by atoms with Crippen LogP contribution in [0, 0.1) is 0 Å². The third-order valence-electron chi connectivity index (χ3n) is 3.63. The SMILES string of the molecule is O=C(O)CN1C(=O)C(=O)c2cc(/C=C/c3ccc(Cl)cc3)ccc21. The summed E-state index contributed by atoms with van der Waals surface area (Å²) in [4.78, 5) is 35.8. The lowest BCUT2D eigenvalue weighted by molar-refractivity contribution is -0.136. The summed E-state index contributed by atoms with van der Waals surface area (Å²) >= 11 is 5.83. The molecule has 1 heterocycles. The molecule has 0 bridgehead atoms. The van der Waals surface area contributed by atoms with Gasteiger partial charge in [0.05, 0.1) is 11.3 Å². The molecule has 2 aromatic rings. The number of Topliss-reactive ketones (excluding diaryl/α,β-unsaturated/α-hetero) is 1. The number of carboxylic acids is 1. The highest BCUT2D eigenvalue weighted by molar-refractivity contribution is 6.52. The molecule has 120 valence electrons. The number of hydrogen-bond donors (Lipinski definition) is 1. The van der Waals surface area contributed by atoms with Crippen LogP contribution in [0.15, 0.2) is 42.5 Å². The Morgan fingerprint density at radius 3 is 2.33 bits per heavy atom. The molecule has 0 radical (unpaired) electrons. The number of benzene rings is 2. The van der Waals surface area contributed by atoms with Gasteiger partial charge in [-0.3, -0.25) is 19.3 Å². The van der Waals surface area contributed by atoms with E-state index < -0.39 is 24.2 Å². The Labute approximate surface area is 142 Å². The minimum absolute atomic E-state index is 0.222. The number of anilines is 1. The number of carbonyl (C=O) groups excluding carboxylic acids is 2. The van der Waals surface area contributed by atoms with E-state index in [1.54, 1.807) is 36.4 Å². The molecular weight excluding hydrogens is 330 g/mol. The first-order valence-electron chi connectivity index (χ1n) is 7.11. The van der Waals surface area contributed by atoms with Gasteiger partial charge in [0.2, 0.25) is 0 Å². The Balaban J connectivity index is 1.89. The molecule has 1 amide bonds. The molecule has 6 heteroatoms. The van der Waals surface area contributed by atoms with Crippen molar-refractivity contribution in [2.24, 2.45) is 0 Å². The van der Waals surface area contributed by atoms with Gasteiger partial charge in [-0.25, -0.2) is 0 Å². The normalized spacial score (nSPS) is 13.6. The highest BCUT2D eigenvalue weighted by Gasteiger charge is 2.36. The molecular formula is C18H12ClNO4. The van der Waals surface area contributed by atoms with Gasteiger partial charge in [-0.05, 0) is 35.4 Å². The van der Waals surface area contributed by atoms with E-state index in [9.17, 15) is 14.4 Å². The fraction of sp³-hybridized carbons (Fsp3) is 0.0556. The van der Waals surface area contributed by atoms with Gasteiger partial charge in [0.25, 0.3) is 11.7 Å². The van der Waals surface area contributed by atoms with Crippen molar-refractivity contribution in [3.63, 3.8) is 0 Å². The number of ketones is 1. The van der Waals surface area contributed by atoms with Crippen LogP contribution in [-0.2, 0) is 9.59 Å². The van der Waals surface area contributed by atoms with Crippen molar-refractivity contribution >= 4 is 47.1 Å². The van der Waals surface area contributed by atoms with Crippen LogP contribution >= 0.6 is 11.6 Å². The second-order valence-corrected chi connectivity index (χ2v) is 5.71. The highest BCUT2D eigenvalue weighted by atomic mass is 35.5. The lowest BCUT2D eigenvalue weighted by Crippen LogP contribution is -2.34. The second kappa shape index (κ2) is 6.29. The molecule has 0 atom stereocenters. The Morgan fingerprint density at radius 2 is 1.67 bits per heavy atom. The van der Waals surface area contributed by atoms with Gasteiger partial charge < -0.3 is 5.11 Å². The lowest BCUT2D eigenvalue weighted by Gasteiger charge is -2.13. The van der Waals surface area contributed by atoms with Crippen molar-refractivity contribution in [1.29, 1.82) is 0 Å². The third-order valence-corrected chi connectivity index (χ3v) is 3.88. The number of fused-ring (bicyclic) bond motifs is 1. The van der Waals surface area contributed by atoms with Crippen LogP contribution in [0.3, 0.4) is 0 Å². The van der Waals surface area contributed by atoms with Crippen molar-refractivity contribution in [1.82, 2.24) is 0 Å². The van der Waals surface area contributed by atoms with Crippen molar-refractivity contribution < 1.29 is 19.5 Å². The molecule has 0 spiro atoms. The largest absolute Gasteiger partial charge is 0.480 e. The molecule has 0 aliphatic carbocycles. The first-order chi connectivity index (χ1) is 11.5. The van der Waals surface area contributed by atoms with Gasteiger partial charge in [-0.15, -0.1) is 0 Å². The second-order valence-electron chi connectivity index (χ2n) is 5.28. The summed E-state index contributed by atoms with van der Waals surface area (Å²) in [6.45, 7) is -0.530. The number of carbonyl (C=O) groups is 3. The number of nitrogens with zero attached hydrogens (tertiary/aromatic N) is 1. The number of carboxylic acid groups (broad SMARTS) is 1. The van der Waals surface area contributed by atoms with Crippen LogP contribution in [0.1, 0.15) is 21.5 Å². The van der Waals surface area contributed by atoms with Gasteiger partial charge >= 0.3 is 5.97 Å². The fourth-order valence-corrected chi connectivity index (χ4v) is 2.61. The molecule has 0 saturated carbocycles. The highest BCUT2D eigenvalue weighted by Crippen LogP contribution is 2.30. The Kier molecular flexibility index (Phi) is 4.18. The van der Waals surface area contributed by atoms with Crippen molar-refractivity contribution in [2.45, 2.75) is 0 Å². The zero-order valence-corrected chi connectivity index (χ0v) is 13.2. The first kappa shape index (κ1) is 16.0. The van der Waals surface area contributed by atoms with E-state index >= 15 is 0 Å². The third kappa shape index (κ3) is 3.07. The maximum absolute atomic E-state index is 12.0. The van der Waals surface area contributed by atoms with Crippen LogP contribution < -0.4 is 4.90 Å². The van der Waals surface area contributed by atoms with Crippen LogP contribution in [-0.4, -0.2) is 29.3 Å². The van der Waals surface area contributed by atoms with Gasteiger partial charge in [-0.1, -0.05) is 42.0 Å². The van der Waals surface area contributed by atoms with Gasteiger partial charge in [0.1, 0.15) is 6.54 Å². The molecule has 24 heavy (non-hydrogen) atoms. The van der Waals surface area contributed by atoms with Crippen molar-refractivity contribution in [3.05, 3.63) is 64.2 Å². The van der Waals surface area contributed by atoms with Gasteiger partial charge in [-0.2, -0.15) is 0 Å². The summed E-state index contributed by atoms with van der Waals surface area (Å²) in [7, 11) is 0. The molecule has 1 aliphatic heterocycles. The van der Waals surface area contributed by atoms with E-state index in [0.717, 1.165) is 16.0 Å². The number of hydrogen-bond acceptors (Lipinski definition) is 3. The summed E-state index contributed by atoms with van der Waals surface area (Å²) < 4.78 is 0. The van der Waals surface area contributed by atoms with E-state index in [1.165, 1.54) is 0 Å². The number of aliphatic carboxylic acids is 1. The van der Waals surface area contributed by atoms with E-state index in [4.69, 9.17) is 16.7 Å². The van der Waals surface area contributed by atoms with E-state index in [1.807, 2.05) is 18.2 Å². The standard InChI is InChI=1S/C18H12ClNO4/c19-13-6-3-11(4-7-13)1-2-12-5-8-15-14(9-12)17(23)18(24)20(15)10-16(21)22/h1-9H,10H2,(H,21,22)/b2-1+. The zero-order chi connectivity index (χ0) is 17.3. The van der Waals surface area contributed by atoms with Crippen LogP contribution in [0.5, 0.6) is 0 Å². The number of rotatable bonds is 4. The molecule has 1 aliphatic rings. The average molecular weight is 342 g/mol. The Hall–Kier alpha value is -2.92. The molecule has 3 rings (SSSR count). The predicted molar refractivity (Wildman–Crippen MR) is 91.1 cm³/mol. The zero-order valence-electron chi connectivity index (χ0n) is 12.4. The summed E-state index contributed by atoms with van der Waals surface area (Å²) in [5, 5.41) is 9.51. The number of halogens is 1. The average Bonchev–Trinajstić information content (AvgIpc) is 2.79. The lowest BCUT2D eigenvalue weighted by atomic mass is 10.1. The van der Waals surface area contributed by atoms with Gasteiger partial charge in [0, 0.05) is 5.02 Å². The molecule has 5 nitrogen and oxygen atoms in total. The smallest absolute Gasteiger partial charge is 0.323 e. The Bertz CT molecular complexity index is 871. The minimum atomic E-state index is -1.17. The minimum Gasteiger partial charge on any atom is -0.480 e. The summed E-state index contributed by atoms with van der Waals surface area (Å²) in [6, 6.07) is 12.2. The molecule has 0 unspecified atom stereocenters. The molecule has 2 aromatic carbocycles. The molecule has 0 fully saturated rings. The van der Waals surface area contributed by atoms with Gasteiger partial charge in [0.15, 0.2) is 0 Å². The first-order valence-corrected chi connectivity index (χ1v) is 7.49. The predicted octanol–water partition coefficient (Wildman–Crippen LogP) is 3.12. The maximum Gasteiger partial charge on any atom is 0.323 e. The molecule has 0 saturated heterocycles. The van der Waals surface area contributed by atoms with Crippen molar-refractivity contribution in [2.75, 3.05) is 11.4 Å². The van der Waals surface area contributed by atoms with Crippen LogP contribution in [0.25, 0.3) is 12.2 Å². The summed E-state index contributed by atoms with van der Waals surface area (Å²) in [5.74, 6) is -2.67. The quantitative estimate of drug-likeness (QED) is 0.685. The fourth-order valence-electron chi connectivity index (χ4n) is 2.48. The van der Waals surface area contributed by atoms with E-state index in [-0.39, 0.29) is 5.56 Å². The van der Waals surface area contributed by atoms with Crippen LogP contribution in [0.4, 0.5) is 5.69 Å². The van der Waals surface area contributed by atoms with E-state index in [0.29, 0.717) is 10.7 Å². The topological polar surface area (TPSA) is 74.7 Å². The maximum atomic E-state index is 12.0. The van der Waals surface area contributed by atoms with Crippen LogP contribution in [0.2, 0.25) is 5.02 Å². The van der Waals surface area contributed by atoms with Crippen molar-refractivity contribution in [3.8, 4) is 0 Å². The Morgan fingerprint density at radius 1 is 1.04 bits per heavy atom. The number of amides is 1. The van der Waals surface area contributed by atoms with E-state index in [2.05, 4.69) is 0 Å². The molecule has 1 N–H and O–H groups in total. The molecule has 0 aromatic heterocycles. The summed E-state index contributed by atoms with van der Waals surface area (Å²) in [5.41, 5.74) is 2.23. The monoisotopic (exact) mass is 341 g/mol. The summed E-state index contributed by atoms with van der Waals surface area (Å²) in [6.07, 6.45) is 3.66.